The van der Waals surface area contributed by atoms with Crippen molar-refractivity contribution in [2.24, 2.45) is 0 Å². The maximum atomic E-state index is 12.2. The highest BCUT2D eigenvalue weighted by Crippen LogP contribution is 2.31. The number of aryl methyl sites for hydroxylation is 1. The van der Waals surface area contributed by atoms with E-state index in [0.29, 0.717) is 13.0 Å². The third-order valence-corrected chi connectivity index (χ3v) is 4.76. The smallest absolute Gasteiger partial charge is 0.297 e. The molecule has 1 aromatic rings. The lowest BCUT2D eigenvalue weighted by atomic mass is 10.1. The predicted molar refractivity (Wildman–Crippen MR) is 67.1 cm³/mol. The number of hydrogen-bond donors (Lipinski definition) is 0. The van der Waals surface area contributed by atoms with Crippen LogP contribution in [0.2, 0.25) is 0 Å². The van der Waals surface area contributed by atoms with Gasteiger partial charge in [0.2, 0.25) is 0 Å². The van der Waals surface area contributed by atoms with Gasteiger partial charge in [0.1, 0.15) is 6.10 Å². The summed E-state index contributed by atoms with van der Waals surface area (Å²) in [5.41, 5.74) is 1.00. The molecule has 0 saturated carbocycles. The molecule has 3 atom stereocenters. The van der Waals surface area contributed by atoms with Crippen molar-refractivity contribution >= 4 is 10.1 Å². The molecule has 3 rings (SSSR count). The Morgan fingerprint density at radius 1 is 1.21 bits per heavy atom. The second kappa shape index (κ2) is 4.86. The standard InChI is InChI=1S/C13H16O5S/c1-9-2-5-11(6-3-9)19(14,15)18-12-7-4-10-8-16-13(12)17-10/h2-3,5-6,10,12-13H,4,7-8H2,1H3/t10-,12+,13-/m1/s1. The summed E-state index contributed by atoms with van der Waals surface area (Å²) in [6.07, 6.45) is 0.390. The van der Waals surface area contributed by atoms with E-state index in [1.807, 2.05) is 6.92 Å². The minimum Gasteiger partial charge on any atom is -0.347 e. The van der Waals surface area contributed by atoms with Gasteiger partial charge in [0.15, 0.2) is 6.29 Å². The van der Waals surface area contributed by atoms with Crippen molar-refractivity contribution in [3.8, 4) is 0 Å². The fourth-order valence-electron chi connectivity index (χ4n) is 2.32. The zero-order valence-corrected chi connectivity index (χ0v) is 11.4. The minimum atomic E-state index is -3.76. The lowest BCUT2D eigenvalue weighted by molar-refractivity contribution is -0.142. The molecule has 2 aliphatic heterocycles. The number of benzene rings is 1. The molecule has 5 nitrogen and oxygen atoms in total. The molecular weight excluding hydrogens is 268 g/mol. The van der Waals surface area contributed by atoms with E-state index in [1.165, 1.54) is 0 Å². The SMILES string of the molecule is Cc1ccc(S(=O)(=O)O[C@H]2CC[C@@H]3CO[C@@H]2O3)cc1. The van der Waals surface area contributed by atoms with E-state index < -0.39 is 22.5 Å². The van der Waals surface area contributed by atoms with Gasteiger partial charge in [-0.3, -0.25) is 4.18 Å². The topological polar surface area (TPSA) is 61.8 Å². The average Bonchev–Trinajstić information content (AvgIpc) is 2.76. The van der Waals surface area contributed by atoms with Crippen LogP contribution < -0.4 is 0 Å². The summed E-state index contributed by atoms with van der Waals surface area (Å²) >= 11 is 0. The van der Waals surface area contributed by atoms with Crippen LogP contribution in [0.15, 0.2) is 29.2 Å². The Bertz CT molecular complexity index is 551. The van der Waals surface area contributed by atoms with E-state index in [2.05, 4.69) is 0 Å². The van der Waals surface area contributed by atoms with Gasteiger partial charge in [-0.25, -0.2) is 0 Å². The second-order valence-electron chi connectivity index (χ2n) is 4.94. The Balaban J connectivity index is 1.76. The van der Waals surface area contributed by atoms with Crippen LogP contribution in [-0.2, 0) is 23.8 Å². The number of rotatable bonds is 3. The van der Waals surface area contributed by atoms with E-state index in [9.17, 15) is 8.42 Å². The molecule has 2 bridgehead atoms. The Kier molecular flexibility index (Phi) is 3.34. The summed E-state index contributed by atoms with van der Waals surface area (Å²) in [6, 6.07) is 6.59. The van der Waals surface area contributed by atoms with Crippen molar-refractivity contribution in [2.75, 3.05) is 6.61 Å². The number of ether oxygens (including phenoxy) is 2. The fraction of sp³-hybridized carbons (Fsp3) is 0.538. The Morgan fingerprint density at radius 2 is 1.95 bits per heavy atom. The summed E-state index contributed by atoms with van der Waals surface area (Å²) in [5.74, 6) is 0. The van der Waals surface area contributed by atoms with Gasteiger partial charge >= 0.3 is 0 Å². The van der Waals surface area contributed by atoms with Crippen molar-refractivity contribution in [3.63, 3.8) is 0 Å². The van der Waals surface area contributed by atoms with Crippen LogP contribution in [0.25, 0.3) is 0 Å². The third kappa shape index (κ3) is 2.67. The summed E-state index contributed by atoms with van der Waals surface area (Å²) in [7, 11) is -3.76. The van der Waals surface area contributed by atoms with E-state index in [-0.39, 0.29) is 11.0 Å². The fourth-order valence-corrected chi connectivity index (χ4v) is 3.41. The predicted octanol–water partition coefficient (Wildman–Crippen LogP) is 1.60. The van der Waals surface area contributed by atoms with E-state index >= 15 is 0 Å². The average molecular weight is 284 g/mol. The number of hydrogen-bond acceptors (Lipinski definition) is 5. The molecule has 2 aliphatic rings. The molecule has 0 unspecified atom stereocenters. The Labute approximate surface area is 112 Å². The lowest BCUT2D eigenvalue weighted by Crippen LogP contribution is -2.36. The van der Waals surface area contributed by atoms with Gasteiger partial charge in [0.05, 0.1) is 17.6 Å². The highest BCUT2D eigenvalue weighted by molar-refractivity contribution is 7.86. The summed E-state index contributed by atoms with van der Waals surface area (Å²) in [4.78, 5) is 0.165. The summed E-state index contributed by atoms with van der Waals surface area (Å²) in [5, 5.41) is 0. The molecule has 0 aromatic heterocycles. The van der Waals surface area contributed by atoms with Crippen LogP contribution in [0, 0.1) is 6.92 Å². The maximum absolute atomic E-state index is 12.2. The maximum Gasteiger partial charge on any atom is 0.297 e. The van der Waals surface area contributed by atoms with Gasteiger partial charge in [-0.1, -0.05) is 17.7 Å². The van der Waals surface area contributed by atoms with Gasteiger partial charge in [0, 0.05) is 0 Å². The zero-order chi connectivity index (χ0) is 13.5. The highest BCUT2D eigenvalue weighted by atomic mass is 32.2. The molecule has 2 heterocycles. The van der Waals surface area contributed by atoms with Crippen LogP contribution in [-0.4, -0.2) is 33.5 Å². The molecule has 0 aliphatic carbocycles. The molecule has 104 valence electrons. The molecule has 19 heavy (non-hydrogen) atoms. The second-order valence-corrected chi connectivity index (χ2v) is 6.51. The molecule has 0 radical (unpaired) electrons. The largest absolute Gasteiger partial charge is 0.347 e. The normalized spacial score (nSPS) is 30.5. The van der Waals surface area contributed by atoms with Gasteiger partial charge < -0.3 is 9.47 Å². The van der Waals surface area contributed by atoms with Gasteiger partial charge in [0.25, 0.3) is 10.1 Å². The van der Waals surface area contributed by atoms with Crippen molar-refractivity contribution in [1.29, 1.82) is 0 Å². The first-order valence-electron chi connectivity index (χ1n) is 6.32. The third-order valence-electron chi connectivity index (χ3n) is 3.41. The van der Waals surface area contributed by atoms with Gasteiger partial charge in [-0.2, -0.15) is 8.42 Å². The van der Waals surface area contributed by atoms with Gasteiger partial charge in [-0.15, -0.1) is 0 Å². The molecule has 0 N–H and O–H groups in total. The monoisotopic (exact) mass is 284 g/mol. The quantitative estimate of drug-likeness (QED) is 0.789. The molecule has 0 spiro atoms. The first kappa shape index (κ1) is 13.1. The summed E-state index contributed by atoms with van der Waals surface area (Å²) < 4.78 is 40.4. The van der Waals surface area contributed by atoms with Gasteiger partial charge in [-0.05, 0) is 31.9 Å². The van der Waals surface area contributed by atoms with E-state index in [0.717, 1.165) is 12.0 Å². The molecule has 2 saturated heterocycles. The first-order chi connectivity index (χ1) is 9.04. The Morgan fingerprint density at radius 3 is 2.68 bits per heavy atom. The van der Waals surface area contributed by atoms with Crippen LogP contribution in [0.3, 0.4) is 0 Å². The van der Waals surface area contributed by atoms with Crippen molar-refractivity contribution in [1.82, 2.24) is 0 Å². The lowest BCUT2D eigenvalue weighted by Gasteiger charge is -2.26. The number of fused-ring (bicyclic) bond motifs is 2. The van der Waals surface area contributed by atoms with E-state index in [1.54, 1.807) is 24.3 Å². The van der Waals surface area contributed by atoms with Crippen molar-refractivity contribution in [3.05, 3.63) is 29.8 Å². The molecule has 1 aromatic carbocycles. The van der Waals surface area contributed by atoms with Crippen LogP contribution in [0.5, 0.6) is 0 Å². The highest BCUT2D eigenvalue weighted by Gasteiger charge is 2.41. The molecular formula is C13H16O5S. The molecule has 6 heteroatoms. The van der Waals surface area contributed by atoms with E-state index in [4.69, 9.17) is 13.7 Å². The van der Waals surface area contributed by atoms with Crippen LogP contribution >= 0.6 is 0 Å². The first-order valence-corrected chi connectivity index (χ1v) is 7.72. The molecule has 2 fully saturated rings. The zero-order valence-electron chi connectivity index (χ0n) is 10.6. The van der Waals surface area contributed by atoms with Crippen molar-refractivity contribution in [2.45, 2.75) is 43.2 Å². The minimum absolute atomic E-state index is 0.0897. The Hall–Kier alpha value is -0.950. The van der Waals surface area contributed by atoms with Crippen LogP contribution in [0.4, 0.5) is 0 Å². The van der Waals surface area contributed by atoms with Crippen LogP contribution in [0.1, 0.15) is 18.4 Å². The molecule has 0 amide bonds. The van der Waals surface area contributed by atoms with Crippen molar-refractivity contribution < 1.29 is 22.1 Å². The summed E-state index contributed by atoms with van der Waals surface area (Å²) in [6.45, 7) is 2.42.